The van der Waals surface area contributed by atoms with Gasteiger partial charge in [-0.1, -0.05) is 13.8 Å². The first-order valence-corrected chi connectivity index (χ1v) is 3.87. The SMILES string of the molecule is CCC(F)OB(O)OC(F)CC. The quantitative estimate of drug-likeness (QED) is 0.631. The van der Waals surface area contributed by atoms with Crippen molar-refractivity contribution in [2.75, 3.05) is 0 Å². The van der Waals surface area contributed by atoms with Crippen LogP contribution in [0.15, 0.2) is 0 Å². The summed E-state index contributed by atoms with van der Waals surface area (Å²) >= 11 is 0. The molecule has 0 heterocycles. The Balaban J connectivity index is 3.51. The van der Waals surface area contributed by atoms with Crippen LogP contribution < -0.4 is 0 Å². The van der Waals surface area contributed by atoms with E-state index in [4.69, 9.17) is 5.02 Å². The standard InChI is InChI=1S/C6H13BF2O3/c1-3-5(8)11-7(10)12-6(9)4-2/h5-6,10H,3-4H2,1-2H3. The van der Waals surface area contributed by atoms with Crippen molar-refractivity contribution in [3.8, 4) is 0 Å². The third-order valence-corrected chi connectivity index (χ3v) is 1.17. The molecule has 2 unspecified atom stereocenters. The number of halogens is 2. The molecule has 0 bridgehead atoms. The van der Waals surface area contributed by atoms with Crippen LogP contribution in [0.1, 0.15) is 26.7 Å². The highest BCUT2D eigenvalue weighted by atomic mass is 19.2. The molecule has 12 heavy (non-hydrogen) atoms. The zero-order valence-electron chi connectivity index (χ0n) is 7.17. The van der Waals surface area contributed by atoms with E-state index in [-0.39, 0.29) is 12.8 Å². The van der Waals surface area contributed by atoms with E-state index in [2.05, 4.69) is 9.31 Å². The summed E-state index contributed by atoms with van der Waals surface area (Å²) in [6.45, 7) is 3.06. The molecule has 0 aromatic rings. The van der Waals surface area contributed by atoms with Crippen LogP contribution >= 0.6 is 0 Å². The molecular formula is C6H13BF2O3. The Hall–Kier alpha value is -0.195. The molecule has 0 aliphatic heterocycles. The third-order valence-electron chi connectivity index (χ3n) is 1.17. The van der Waals surface area contributed by atoms with Gasteiger partial charge in [0.05, 0.1) is 0 Å². The van der Waals surface area contributed by atoms with E-state index in [1.165, 1.54) is 13.8 Å². The predicted octanol–water partition coefficient (Wildman–Crippen LogP) is 1.41. The predicted molar refractivity (Wildman–Crippen MR) is 40.5 cm³/mol. The van der Waals surface area contributed by atoms with Crippen LogP contribution in [0.3, 0.4) is 0 Å². The van der Waals surface area contributed by atoms with Crippen LogP contribution in [0.5, 0.6) is 0 Å². The maximum atomic E-state index is 12.4. The average Bonchev–Trinajstić information content (AvgIpc) is 2.03. The molecule has 0 amide bonds. The molecule has 0 rings (SSSR count). The topological polar surface area (TPSA) is 38.7 Å². The highest BCUT2D eigenvalue weighted by molar-refractivity contribution is 6.34. The molecule has 0 aromatic carbocycles. The van der Waals surface area contributed by atoms with Crippen molar-refractivity contribution in [3.63, 3.8) is 0 Å². The number of alkyl halides is 2. The summed E-state index contributed by atoms with van der Waals surface area (Å²) in [6.07, 6.45) is -3.07. The zero-order chi connectivity index (χ0) is 9.56. The van der Waals surface area contributed by atoms with E-state index in [1.807, 2.05) is 0 Å². The summed E-state index contributed by atoms with van der Waals surface area (Å²) in [5.41, 5.74) is 0. The third kappa shape index (κ3) is 5.45. The summed E-state index contributed by atoms with van der Waals surface area (Å²) in [7, 11) is -1.82. The Morgan fingerprint density at radius 2 is 1.50 bits per heavy atom. The lowest BCUT2D eigenvalue weighted by Crippen LogP contribution is -2.29. The average molecular weight is 182 g/mol. The Kier molecular flexibility index (Phi) is 6.23. The lowest BCUT2D eigenvalue weighted by atomic mass is 10.2. The van der Waals surface area contributed by atoms with E-state index < -0.39 is 20.0 Å². The van der Waals surface area contributed by atoms with Gasteiger partial charge in [-0.2, -0.15) is 0 Å². The molecule has 3 nitrogen and oxygen atoms in total. The van der Waals surface area contributed by atoms with Gasteiger partial charge in [0, 0.05) is 0 Å². The van der Waals surface area contributed by atoms with Gasteiger partial charge in [0.15, 0.2) is 12.7 Å². The molecular weight excluding hydrogens is 169 g/mol. The van der Waals surface area contributed by atoms with Gasteiger partial charge in [-0.25, -0.2) is 8.78 Å². The van der Waals surface area contributed by atoms with Gasteiger partial charge in [0.25, 0.3) is 0 Å². The molecule has 0 saturated heterocycles. The molecule has 0 aliphatic rings. The van der Waals surface area contributed by atoms with Crippen molar-refractivity contribution < 1.29 is 23.1 Å². The summed E-state index contributed by atoms with van der Waals surface area (Å²) in [6, 6.07) is 0. The monoisotopic (exact) mass is 182 g/mol. The van der Waals surface area contributed by atoms with Crippen LogP contribution in [0, 0.1) is 0 Å². The highest BCUT2D eigenvalue weighted by Crippen LogP contribution is 2.05. The van der Waals surface area contributed by atoms with Crippen molar-refractivity contribution in [1.82, 2.24) is 0 Å². The van der Waals surface area contributed by atoms with Gasteiger partial charge in [0.2, 0.25) is 0 Å². The minimum absolute atomic E-state index is 0.0868. The van der Waals surface area contributed by atoms with Crippen molar-refractivity contribution >= 4 is 7.32 Å². The maximum absolute atomic E-state index is 12.4. The molecule has 1 N–H and O–H groups in total. The molecule has 0 radical (unpaired) electrons. The first kappa shape index (κ1) is 11.8. The zero-order valence-corrected chi connectivity index (χ0v) is 7.17. The largest absolute Gasteiger partial charge is 0.640 e. The van der Waals surface area contributed by atoms with Gasteiger partial charge < -0.3 is 14.3 Å². The minimum Gasteiger partial charge on any atom is -0.401 e. The molecule has 0 aromatic heterocycles. The molecule has 2 atom stereocenters. The minimum atomic E-state index is -1.82. The normalized spacial score (nSPS) is 15.8. The van der Waals surface area contributed by atoms with Crippen molar-refractivity contribution in [2.24, 2.45) is 0 Å². The van der Waals surface area contributed by atoms with Crippen molar-refractivity contribution in [3.05, 3.63) is 0 Å². The number of rotatable bonds is 6. The van der Waals surface area contributed by atoms with Crippen LogP contribution in [0.4, 0.5) is 8.78 Å². The van der Waals surface area contributed by atoms with Gasteiger partial charge >= 0.3 is 7.32 Å². The molecule has 0 fully saturated rings. The van der Waals surface area contributed by atoms with Crippen molar-refractivity contribution in [1.29, 1.82) is 0 Å². The molecule has 72 valence electrons. The van der Waals surface area contributed by atoms with Crippen LogP contribution in [-0.4, -0.2) is 25.1 Å². The van der Waals surface area contributed by atoms with E-state index in [0.29, 0.717) is 0 Å². The van der Waals surface area contributed by atoms with E-state index >= 15 is 0 Å². The second kappa shape index (κ2) is 6.34. The molecule has 0 spiro atoms. The smallest absolute Gasteiger partial charge is 0.401 e. The van der Waals surface area contributed by atoms with Crippen LogP contribution in [0.2, 0.25) is 0 Å². The fourth-order valence-corrected chi connectivity index (χ4v) is 0.477. The van der Waals surface area contributed by atoms with E-state index in [9.17, 15) is 8.78 Å². The van der Waals surface area contributed by atoms with Gasteiger partial charge in [-0.3, -0.25) is 0 Å². The summed E-state index contributed by atoms with van der Waals surface area (Å²) < 4.78 is 33.1. The van der Waals surface area contributed by atoms with Crippen LogP contribution in [0.25, 0.3) is 0 Å². The van der Waals surface area contributed by atoms with Gasteiger partial charge in [-0.15, -0.1) is 0 Å². The lowest BCUT2D eigenvalue weighted by molar-refractivity contribution is -0.0396. The summed E-state index contributed by atoms with van der Waals surface area (Å²) in [5.74, 6) is 0. The Morgan fingerprint density at radius 3 is 1.75 bits per heavy atom. The van der Waals surface area contributed by atoms with Gasteiger partial charge in [0.1, 0.15) is 0 Å². The Labute approximate surface area is 70.8 Å². The molecule has 0 saturated carbocycles. The van der Waals surface area contributed by atoms with E-state index in [0.717, 1.165) is 0 Å². The Morgan fingerprint density at radius 1 is 1.17 bits per heavy atom. The van der Waals surface area contributed by atoms with Crippen LogP contribution in [-0.2, 0) is 9.31 Å². The fraction of sp³-hybridized carbons (Fsp3) is 1.00. The number of hydrogen-bond donors (Lipinski definition) is 1. The second-order valence-corrected chi connectivity index (χ2v) is 2.22. The molecule has 0 aliphatic carbocycles. The molecule has 6 heteroatoms. The first-order chi connectivity index (χ1) is 5.60. The second-order valence-electron chi connectivity index (χ2n) is 2.22. The summed E-state index contributed by atoms with van der Waals surface area (Å²) in [4.78, 5) is 0. The fourth-order valence-electron chi connectivity index (χ4n) is 0.477. The van der Waals surface area contributed by atoms with Gasteiger partial charge in [-0.05, 0) is 12.8 Å². The Bertz CT molecular complexity index is 105. The number of hydrogen-bond acceptors (Lipinski definition) is 3. The van der Waals surface area contributed by atoms with E-state index in [1.54, 1.807) is 0 Å². The summed E-state index contributed by atoms with van der Waals surface area (Å²) in [5, 5.41) is 8.73. The highest BCUT2D eigenvalue weighted by Gasteiger charge is 2.24. The lowest BCUT2D eigenvalue weighted by Gasteiger charge is -2.12. The first-order valence-electron chi connectivity index (χ1n) is 3.87. The maximum Gasteiger partial charge on any atom is 0.640 e. The van der Waals surface area contributed by atoms with Crippen molar-refractivity contribution in [2.45, 2.75) is 39.4 Å².